The molecule has 12 heteroatoms. The number of benzene rings is 2. The third kappa shape index (κ3) is 7.21. The van der Waals surface area contributed by atoms with Crippen LogP contribution in [0.5, 0.6) is 11.5 Å². The molecule has 2 amide bonds. The van der Waals surface area contributed by atoms with Crippen LogP contribution in [-0.4, -0.2) is 104 Å². The smallest absolute Gasteiger partial charge is 0.317 e. The van der Waals surface area contributed by atoms with Crippen molar-refractivity contribution in [1.29, 1.82) is 5.26 Å². The number of methoxy groups -OCH3 is 1. The molecule has 1 aromatic heterocycles. The van der Waals surface area contributed by atoms with E-state index in [1.54, 1.807) is 30.5 Å². The van der Waals surface area contributed by atoms with Gasteiger partial charge in [0.05, 0.1) is 38.1 Å². The largest absolute Gasteiger partial charge is 0.494 e. The molecule has 3 fully saturated rings. The Bertz CT molecular complexity index is 1510. The van der Waals surface area contributed by atoms with Gasteiger partial charge < -0.3 is 34.6 Å². The van der Waals surface area contributed by atoms with E-state index in [0.29, 0.717) is 42.9 Å². The van der Waals surface area contributed by atoms with Crippen molar-refractivity contribution in [2.45, 2.75) is 31.9 Å². The van der Waals surface area contributed by atoms with Gasteiger partial charge in [-0.1, -0.05) is 6.07 Å². The molecule has 1 atom stereocenters. The van der Waals surface area contributed by atoms with Gasteiger partial charge in [-0.3, -0.25) is 4.90 Å². The number of ether oxygens (including phenoxy) is 3. The van der Waals surface area contributed by atoms with Gasteiger partial charge in [0.15, 0.2) is 0 Å². The van der Waals surface area contributed by atoms with Crippen molar-refractivity contribution in [3.63, 3.8) is 0 Å². The zero-order chi connectivity index (χ0) is 31.2. The zero-order valence-electron chi connectivity index (χ0n) is 25.9. The third-order valence-corrected chi connectivity index (χ3v) is 8.66. The maximum Gasteiger partial charge on any atom is 0.317 e. The first kappa shape index (κ1) is 30.4. The van der Waals surface area contributed by atoms with E-state index >= 15 is 0 Å². The highest BCUT2D eigenvalue weighted by Gasteiger charge is 2.26. The first-order valence-electron chi connectivity index (χ1n) is 15.6. The summed E-state index contributed by atoms with van der Waals surface area (Å²) in [7, 11) is 1.67. The summed E-state index contributed by atoms with van der Waals surface area (Å²) in [6, 6.07) is 14.3. The molecule has 2 aromatic carbocycles. The summed E-state index contributed by atoms with van der Waals surface area (Å²) in [4.78, 5) is 27.7. The molecule has 3 aliphatic heterocycles. The van der Waals surface area contributed by atoms with Crippen LogP contribution in [0.4, 0.5) is 22.1 Å². The lowest BCUT2D eigenvalue weighted by molar-refractivity contribution is 0.0115. The second kappa shape index (κ2) is 14.0. The highest BCUT2D eigenvalue weighted by Crippen LogP contribution is 2.34. The number of hydrogen-bond acceptors (Lipinski definition) is 10. The van der Waals surface area contributed by atoms with Gasteiger partial charge in [-0.25, -0.2) is 14.8 Å². The Morgan fingerprint density at radius 2 is 1.82 bits per heavy atom. The summed E-state index contributed by atoms with van der Waals surface area (Å²) in [5.74, 6) is 1.63. The van der Waals surface area contributed by atoms with Gasteiger partial charge in [0.1, 0.15) is 23.7 Å². The van der Waals surface area contributed by atoms with Crippen molar-refractivity contribution < 1.29 is 19.0 Å². The summed E-state index contributed by atoms with van der Waals surface area (Å²) in [5, 5.41) is 15.7. The van der Waals surface area contributed by atoms with E-state index in [2.05, 4.69) is 48.6 Å². The van der Waals surface area contributed by atoms with Crippen LogP contribution >= 0.6 is 0 Å². The second-order valence-electron chi connectivity index (χ2n) is 11.6. The molecule has 3 saturated heterocycles. The zero-order valence-corrected chi connectivity index (χ0v) is 25.9. The topological polar surface area (TPSA) is 128 Å². The van der Waals surface area contributed by atoms with E-state index in [9.17, 15) is 10.1 Å². The Labute approximate surface area is 263 Å². The van der Waals surface area contributed by atoms with Gasteiger partial charge in [-0.2, -0.15) is 5.26 Å². The number of hydrogen-bond donors (Lipinski definition) is 2. The molecule has 2 N–H and O–H groups in total. The van der Waals surface area contributed by atoms with E-state index in [-0.39, 0.29) is 12.1 Å². The SMILES string of the molecule is COc1cc(N2CCC(N3CCOCC3)CC2)ccc1Nc1ncc(-c2ccc(C#N)c(OC(C)CN3CCNC3=O)c2)cn1. The number of aromatic nitrogens is 2. The number of nitriles is 1. The minimum atomic E-state index is -0.290. The number of urea groups is 1. The summed E-state index contributed by atoms with van der Waals surface area (Å²) in [6.45, 7) is 9.36. The Kier molecular flexibility index (Phi) is 9.47. The van der Waals surface area contributed by atoms with Gasteiger partial charge in [-0.05, 0) is 49.6 Å². The lowest BCUT2D eigenvalue weighted by Crippen LogP contribution is -2.49. The molecule has 3 aromatic rings. The van der Waals surface area contributed by atoms with E-state index in [0.717, 1.165) is 80.5 Å². The standard InChI is InChI=1S/C33H40N8O4/c1-23(22-41-12-9-35-33(41)42)45-30-17-24(3-4-25(30)19-34)26-20-36-32(37-21-26)38-29-6-5-28(18-31(29)43-2)39-10-7-27(8-11-39)40-13-15-44-16-14-40/h3-6,17-18,20-21,23,27H,7-16,22H2,1-2H3,(H,35,42)(H,36,37,38). The van der Waals surface area contributed by atoms with Crippen molar-refractivity contribution >= 4 is 23.4 Å². The van der Waals surface area contributed by atoms with Crippen LogP contribution in [0, 0.1) is 11.3 Å². The number of amides is 2. The van der Waals surface area contributed by atoms with E-state index in [4.69, 9.17) is 14.2 Å². The van der Waals surface area contributed by atoms with Crippen LogP contribution in [0.25, 0.3) is 11.1 Å². The maximum atomic E-state index is 11.9. The predicted octanol–water partition coefficient (Wildman–Crippen LogP) is 3.86. The first-order valence-corrected chi connectivity index (χ1v) is 15.6. The minimum Gasteiger partial charge on any atom is -0.494 e. The van der Waals surface area contributed by atoms with Crippen LogP contribution < -0.4 is 25.0 Å². The normalized spacial score (nSPS) is 18.3. The van der Waals surface area contributed by atoms with Crippen LogP contribution in [-0.2, 0) is 4.74 Å². The Morgan fingerprint density at radius 3 is 2.51 bits per heavy atom. The van der Waals surface area contributed by atoms with Gasteiger partial charge in [0.2, 0.25) is 5.95 Å². The van der Waals surface area contributed by atoms with Crippen LogP contribution in [0.2, 0.25) is 0 Å². The van der Waals surface area contributed by atoms with Gasteiger partial charge in [0.25, 0.3) is 0 Å². The van der Waals surface area contributed by atoms with Crippen LogP contribution in [0.1, 0.15) is 25.3 Å². The Hall–Kier alpha value is -4.60. The highest BCUT2D eigenvalue weighted by molar-refractivity contribution is 5.76. The van der Waals surface area contributed by atoms with Crippen molar-refractivity contribution in [1.82, 2.24) is 25.1 Å². The average molecular weight is 613 g/mol. The first-order chi connectivity index (χ1) is 22.0. The Morgan fingerprint density at radius 1 is 1.04 bits per heavy atom. The lowest BCUT2D eigenvalue weighted by atomic mass is 10.0. The molecule has 12 nitrogen and oxygen atoms in total. The fourth-order valence-electron chi connectivity index (χ4n) is 6.22. The molecular formula is C33H40N8O4. The molecule has 4 heterocycles. The summed E-state index contributed by atoms with van der Waals surface area (Å²) < 4.78 is 17.4. The van der Waals surface area contributed by atoms with Crippen molar-refractivity contribution in [3.8, 4) is 28.7 Å². The molecule has 0 radical (unpaired) electrons. The third-order valence-electron chi connectivity index (χ3n) is 8.66. The molecule has 3 aliphatic rings. The van der Waals surface area contributed by atoms with Crippen LogP contribution in [0.3, 0.4) is 0 Å². The lowest BCUT2D eigenvalue weighted by Gasteiger charge is -2.40. The molecule has 0 saturated carbocycles. The molecule has 0 bridgehead atoms. The predicted molar refractivity (Wildman–Crippen MR) is 171 cm³/mol. The molecule has 0 spiro atoms. The second-order valence-corrected chi connectivity index (χ2v) is 11.6. The highest BCUT2D eigenvalue weighted by atomic mass is 16.5. The summed E-state index contributed by atoms with van der Waals surface area (Å²) in [5.41, 5.74) is 3.95. The number of anilines is 3. The number of piperidine rings is 1. The molecule has 1 unspecified atom stereocenters. The fraction of sp³-hybridized carbons (Fsp3) is 0.455. The van der Waals surface area contributed by atoms with E-state index in [1.807, 2.05) is 25.1 Å². The quantitative estimate of drug-likeness (QED) is 0.348. The van der Waals surface area contributed by atoms with E-state index in [1.165, 1.54) is 0 Å². The molecular weight excluding hydrogens is 572 g/mol. The summed E-state index contributed by atoms with van der Waals surface area (Å²) in [6.07, 6.45) is 5.47. The number of nitrogens with zero attached hydrogens (tertiary/aromatic N) is 6. The molecule has 6 rings (SSSR count). The van der Waals surface area contributed by atoms with Crippen molar-refractivity contribution in [3.05, 3.63) is 54.4 Å². The molecule has 236 valence electrons. The number of carbonyl (C=O) groups excluding carboxylic acids is 1. The average Bonchev–Trinajstić information content (AvgIpc) is 3.49. The number of rotatable bonds is 10. The van der Waals surface area contributed by atoms with Crippen molar-refractivity contribution in [2.75, 3.05) is 76.4 Å². The Balaban J connectivity index is 1.09. The molecule has 45 heavy (non-hydrogen) atoms. The van der Waals surface area contributed by atoms with Gasteiger partial charge in [-0.15, -0.1) is 0 Å². The monoisotopic (exact) mass is 612 g/mol. The number of carbonyl (C=O) groups is 1. The number of morpholine rings is 1. The minimum absolute atomic E-state index is 0.0982. The molecule has 0 aliphatic carbocycles. The van der Waals surface area contributed by atoms with Crippen molar-refractivity contribution in [2.24, 2.45) is 0 Å². The van der Waals surface area contributed by atoms with Gasteiger partial charge in [0, 0.05) is 75.0 Å². The number of nitrogens with one attached hydrogen (secondary N) is 2. The maximum absolute atomic E-state index is 11.9. The van der Waals surface area contributed by atoms with Gasteiger partial charge >= 0.3 is 6.03 Å². The van der Waals surface area contributed by atoms with E-state index < -0.39 is 0 Å². The fourth-order valence-corrected chi connectivity index (χ4v) is 6.22. The van der Waals surface area contributed by atoms with Crippen LogP contribution in [0.15, 0.2) is 48.8 Å². The summed E-state index contributed by atoms with van der Waals surface area (Å²) >= 11 is 0.